The second kappa shape index (κ2) is 8.80. The highest BCUT2D eigenvalue weighted by Crippen LogP contribution is 2.34. The van der Waals surface area contributed by atoms with E-state index in [0.717, 1.165) is 23.5 Å². The summed E-state index contributed by atoms with van der Waals surface area (Å²) < 4.78 is 16.8. The monoisotopic (exact) mass is 369 g/mol. The second-order valence-electron chi connectivity index (χ2n) is 6.98. The van der Waals surface area contributed by atoms with Gasteiger partial charge in [-0.25, -0.2) is 0 Å². The summed E-state index contributed by atoms with van der Waals surface area (Å²) in [4.78, 5) is 12.4. The van der Waals surface area contributed by atoms with Crippen LogP contribution in [-0.4, -0.2) is 25.7 Å². The number of hydrogen-bond donors (Lipinski definition) is 1. The molecule has 5 heteroatoms. The zero-order chi connectivity index (χ0) is 19.2. The normalized spacial score (nSPS) is 13.9. The Labute approximate surface area is 160 Å². The maximum Gasteiger partial charge on any atom is 0.258 e. The Hall–Kier alpha value is -2.69. The predicted octanol–water partition coefficient (Wildman–Crippen LogP) is 3.91. The Kier molecular flexibility index (Phi) is 6.22. The van der Waals surface area contributed by atoms with Crippen LogP contribution >= 0.6 is 0 Å². The van der Waals surface area contributed by atoms with Crippen molar-refractivity contribution in [2.24, 2.45) is 5.92 Å². The first-order chi connectivity index (χ1) is 13.1. The molecular formula is C22H27NO4. The van der Waals surface area contributed by atoms with Crippen molar-refractivity contribution < 1.29 is 19.0 Å². The van der Waals surface area contributed by atoms with Crippen LogP contribution in [0.15, 0.2) is 42.5 Å². The summed E-state index contributed by atoms with van der Waals surface area (Å²) in [5, 5.41) is 3.07. The van der Waals surface area contributed by atoms with Crippen LogP contribution in [0.25, 0.3) is 0 Å². The molecule has 0 aromatic heterocycles. The van der Waals surface area contributed by atoms with Crippen molar-refractivity contribution in [3.05, 3.63) is 53.6 Å². The number of rotatable bonds is 7. The number of hydrogen-bond acceptors (Lipinski definition) is 4. The van der Waals surface area contributed by atoms with Crippen molar-refractivity contribution in [3.63, 3.8) is 0 Å². The number of amides is 1. The lowest BCUT2D eigenvalue weighted by molar-refractivity contribution is -0.124. The van der Waals surface area contributed by atoms with Gasteiger partial charge in [0.15, 0.2) is 18.1 Å². The molecule has 0 fully saturated rings. The molecule has 1 heterocycles. The average molecular weight is 369 g/mol. The lowest BCUT2D eigenvalue weighted by Crippen LogP contribution is -2.35. The van der Waals surface area contributed by atoms with Gasteiger partial charge in [0.1, 0.15) is 19.0 Å². The zero-order valence-corrected chi connectivity index (χ0v) is 16.2. The van der Waals surface area contributed by atoms with Crippen molar-refractivity contribution in [1.29, 1.82) is 0 Å². The van der Waals surface area contributed by atoms with E-state index in [1.165, 1.54) is 5.56 Å². The standard InChI is InChI=1S/C22H27NO4/c1-4-16-5-8-18(9-6-16)27-14-21(24)23-22(15(2)3)17-7-10-19-20(13-17)26-12-11-25-19/h5-10,13,15,22H,4,11-12,14H2,1-3H3,(H,23,24)/t22-/m1/s1. The maximum absolute atomic E-state index is 12.4. The molecule has 0 aliphatic carbocycles. The third-order valence-electron chi connectivity index (χ3n) is 4.61. The van der Waals surface area contributed by atoms with E-state index in [4.69, 9.17) is 14.2 Å². The van der Waals surface area contributed by atoms with Gasteiger partial charge in [0.25, 0.3) is 5.91 Å². The van der Waals surface area contributed by atoms with Crippen LogP contribution in [-0.2, 0) is 11.2 Å². The Bertz CT molecular complexity index is 770. The van der Waals surface area contributed by atoms with E-state index in [1.807, 2.05) is 42.5 Å². The first kappa shape index (κ1) is 19.1. The van der Waals surface area contributed by atoms with Crippen molar-refractivity contribution in [1.82, 2.24) is 5.32 Å². The van der Waals surface area contributed by atoms with Crippen molar-refractivity contribution in [2.75, 3.05) is 19.8 Å². The highest BCUT2D eigenvalue weighted by atomic mass is 16.6. The first-order valence-electron chi connectivity index (χ1n) is 9.47. The average Bonchev–Trinajstić information content (AvgIpc) is 2.70. The minimum atomic E-state index is -0.150. The molecule has 27 heavy (non-hydrogen) atoms. The van der Waals surface area contributed by atoms with Crippen LogP contribution in [0.3, 0.4) is 0 Å². The SMILES string of the molecule is CCc1ccc(OCC(=O)N[C@@H](c2ccc3c(c2)OCCO3)C(C)C)cc1. The largest absolute Gasteiger partial charge is 0.486 e. The van der Waals surface area contributed by atoms with Crippen LogP contribution in [0.2, 0.25) is 0 Å². The summed E-state index contributed by atoms with van der Waals surface area (Å²) in [7, 11) is 0. The van der Waals surface area contributed by atoms with Gasteiger partial charge in [-0.3, -0.25) is 4.79 Å². The van der Waals surface area contributed by atoms with Crippen molar-refractivity contribution in [2.45, 2.75) is 33.2 Å². The van der Waals surface area contributed by atoms with Gasteiger partial charge >= 0.3 is 0 Å². The lowest BCUT2D eigenvalue weighted by atomic mass is 9.95. The summed E-state index contributed by atoms with van der Waals surface area (Å²) in [6, 6.07) is 13.5. The zero-order valence-electron chi connectivity index (χ0n) is 16.2. The fraction of sp³-hybridized carbons (Fsp3) is 0.409. The van der Waals surface area contributed by atoms with E-state index in [0.29, 0.717) is 19.0 Å². The molecule has 0 unspecified atom stereocenters. The number of fused-ring (bicyclic) bond motifs is 1. The Morgan fingerprint density at radius 3 is 2.44 bits per heavy atom. The molecule has 5 nitrogen and oxygen atoms in total. The molecule has 2 aromatic rings. The Morgan fingerprint density at radius 2 is 1.78 bits per heavy atom. The quantitative estimate of drug-likeness (QED) is 0.804. The Morgan fingerprint density at radius 1 is 1.07 bits per heavy atom. The summed E-state index contributed by atoms with van der Waals surface area (Å²) in [6.07, 6.45) is 0.979. The molecule has 0 spiro atoms. The minimum Gasteiger partial charge on any atom is -0.486 e. The number of nitrogens with one attached hydrogen (secondary N) is 1. The third-order valence-corrected chi connectivity index (χ3v) is 4.61. The van der Waals surface area contributed by atoms with Crippen LogP contribution in [0.5, 0.6) is 17.2 Å². The third kappa shape index (κ3) is 4.94. The molecule has 0 radical (unpaired) electrons. The van der Waals surface area contributed by atoms with Gasteiger partial charge in [-0.15, -0.1) is 0 Å². The van der Waals surface area contributed by atoms with E-state index in [2.05, 4.69) is 26.1 Å². The summed E-state index contributed by atoms with van der Waals surface area (Å²) in [5.41, 5.74) is 2.24. The van der Waals surface area contributed by atoms with Crippen LogP contribution in [0, 0.1) is 5.92 Å². The minimum absolute atomic E-state index is 0.0146. The first-order valence-corrected chi connectivity index (χ1v) is 9.47. The molecule has 1 N–H and O–H groups in total. The van der Waals surface area contributed by atoms with Crippen molar-refractivity contribution in [3.8, 4) is 17.2 Å². The second-order valence-corrected chi connectivity index (χ2v) is 6.98. The van der Waals surface area contributed by atoms with Crippen LogP contribution in [0.1, 0.15) is 37.9 Å². The van der Waals surface area contributed by atoms with Gasteiger partial charge in [-0.1, -0.05) is 39.0 Å². The molecule has 2 aromatic carbocycles. The van der Waals surface area contributed by atoms with Gasteiger partial charge in [0.05, 0.1) is 6.04 Å². The molecule has 144 valence electrons. The van der Waals surface area contributed by atoms with Gasteiger partial charge in [-0.2, -0.15) is 0 Å². The molecule has 0 bridgehead atoms. The molecule has 3 rings (SSSR count). The molecular weight excluding hydrogens is 342 g/mol. The fourth-order valence-electron chi connectivity index (χ4n) is 3.07. The molecule has 1 amide bonds. The number of carbonyl (C=O) groups is 1. The van der Waals surface area contributed by atoms with E-state index in [1.54, 1.807) is 0 Å². The number of benzene rings is 2. The van der Waals surface area contributed by atoms with Gasteiger partial charge in [0, 0.05) is 0 Å². The number of carbonyl (C=O) groups excluding carboxylic acids is 1. The Balaban J connectivity index is 1.62. The number of aryl methyl sites for hydroxylation is 1. The molecule has 0 saturated carbocycles. The highest BCUT2D eigenvalue weighted by Gasteiger charge is 2.21. The van der Waals surface area contributed by atoms with Gasteiger partial charge < -0.3 is 19.5 Å². The highest BCUT2D eigenvalue weighted by molar-refractivity contribution is 5.78. The topological polar surface area (TPSA) is 56.8 Å². The van der Waals surface area contributed by atoms with E-state index < -0.39 is 0 Å². The van der Waals surface area contributed by atoms with E-state index in [-0.39, 0.29) is 24.5 Å². The van der Waals surface area contributed by atoms with E-state index >= 15 is 0 Å². The summed E-state index contributed by atoms with van der Waals surface area (Å²) in [6.45, 7) is 7.34. The molecule has 1 atom stereocenters. The molecule has 1 aliphatic rings. The smallest absolute Gasteiger partial charge is 0.258 e. The summed E-state index contributed by atoms with van der Waals surface area (Å²) >= 11 is 0. The van der Waals surface area contributed by atoms with Crippen LogP contribution in [0.4, 0.5) is 0 Å². The van der Waals surface area contributed by atoms with Gasteiger partial charge in [0.2, 0.25) is 0 Å². The van der Waals surface area contributed by atoms with Gasteiger partial charge in [-0.05, 0) is 47.7 Å². The maximum atomic E-state index is 12.4. The molecule has 1 aliphatic heterocycles. The van der Waals surface area contributed by atoms with Crippen molar-refractivity contribution >= 4 is 5.91 Å². The summed E-state index contributed by atoms with van der Waals surface area (Å²) in [5.74, 6) is 2.25. The fourth-order valence-corrected chi connectivity index (χ4v) is 3.07. The number of ether oxygens (including phenoxy) is 3. The van der Waals surface area contributed by atoms with E-state index in [9.17, 15) is 4.79 Å². The predicted molar refractivity (Wildman–Crippen MR) is 104 cm³/mol. The molecule has 0 saturated heterocycles. The lowest BCUT2D eigenvalue weighted by Gasteiger charge is -2.25. The van der Waals surface area contributed by atoms with Crippen LogP contribution < -0.4 is 19.5 Å².